The van der Waals surface area contributed by atoms with E-state index < -0.39 is 16.1 Å². The number of aliphatic hydroxyl groups is 1. The molecule has 0 saturated carbocycles. The molecule has 1 aromatic carbocycles. The maximum absolute atomic E-state index is 12.4. The van der Waals surface area contributed by atoms with Gasteiger partial charge in [0.25, 0.3) is 0 Å². The lowest BCUT2D eigenvalue weighted by Crippen LogP contribution is -2.37. The summed E-state index contributed by atoms with van der Waals surface area (Å²) in [6, 6.07) is 3.96. The number of benzene rings is 1. The number of likely N-dealkylation sites (N-methyl/N-ethyl adjacent to an activating group) is 1. The molecule has 0 heterocycles. The van der Waals surface area contributed by atoms with Gasteiger partial charge in [0, 0.05) is 19.2 Å². The van der Waals surface area contributed by atoms with Crippen molar-refractivity contribution in [1.29, 1.82) is 0 Å². The van der Waals surface area contributed by atoms with Gasteiger partial charge in [-0.05, 0) is 19.1 Å². The number of methoxy groups -OCH3 is 2. The molecule has 0 bridgehead atoms. The summed E-state index contributed by atoms with van der Waals surface area (Å²) in [6.07, 6.45) is 0. The molecule has 0 aliphatic heterocycles. The molecule has 0 aliphatic rings. The van der Waals surface area contributed by atoms with Gasteiger partial charge < -0.3 is 14.6 Å². The van der Waals surface area contributed by atoms with E-state index in [1.165, 1.54) is 33.4 Å². The van der Waals surface area contributed by atoms with Crippen LogP contribution in [-0.4, -0.2) is 51.7 Å². The Kier molecular flexibility index (Phi) is 5.16. The zero-order valence-corrected chi connectivity index (χ0v) is 12.3. The lowest BCUT2D eigenvalue weighted by Gasteiger charge is -2.23. The second kappa shape index (κ2) is 6.23. The molecule has 0 radical (unpaired) electrons. The lowest BCUT2D eigenvalue weighted by atomic mass is 10.3. The molecule has 7 heteroatoms. The smallest absolute Gasteiger partial charge is 0.246 e. The van der Waals surface area contributed by atoms with Crippen molar-refractivity contribution in [3.8, 4) is 11.5 Å². The third kappa shape index (κ3) is 3.17. The summed E-state index contributed by atoms with van der Waals surface area (Å²) in [5, 5.41) is 9.07. The van der Waals surface area contributed by atoms with Crippen LogP contribution in [0.15, 0.2) is 23.1 Å². The first-order chi connectivity index (χ1) is 8.88. The van der Waals surface area contributed by atoms with Crippen LogP contribution in [0.5, 0.6) is 11.5 Å². The summed E-state index contributed by atoms with van der Waals surface area (Å²) in [6.45, 7) is 1.36. The highest BCUT2D eigenvalue weighted by atomic mass is 32.2. The summed E-state index contributed by atoms with van der Waals surface area (Å²) in [7, 11) is 0.572. The van der Waals surface area contributed by atoms with E-state index in [4.69, 9.17) is 14.6 Å². The molecule has 1 aromatic rings. The molecule has 0 saturated heterocycles. The second-order valence-electron chi connectivity index (χ2n) is 4.07. The van der Waals surface area contributed by atoms with Crippen LogP contribution in [0.2, 0.25) is 0 Å². The van der Waals surface area contributed by atoms with Crippen LogP contribution in [0.4, 0.5) is 0 Å². The van der Waals surface area contributed by atoms with Gasteiger partial charge >= 0.3 is 0 Å². The first-order valence-corrected chi connectivity index (χ1v) is 7.13. The zero-order chi connectivity index (χ0) is 14.6. The minimum atomic E-state index is -3.73. The van der Waals surface area contributed by atoms with E-state index >= 15 is 0 Å². The summed E-state index contributed by atoms with van der Waals surface area (Å²) in [4.78, 5) is 0.0404. The zero-order valence-electron chi connectivity index (χ0n) is 11.5. The molecule has 0 aliphatic carbocycles. The van der Waals surface area contributed by atoms with Crippen molar-refractivity contribution in [2.24, 2.45) is 0 Å². The second-order valence-corrected chi connectivity index (χ2v) is 6.04. The Hall–Kier alpha value is -1.31. The van der Waals surface area contributed by atoms with Crippen LogP contribution in [-0.2, 0) is 10.0 Å². The Morgan fingerprint density at radius 1 is 1.32 bits per heavy atom. The van der Waals surface area contributed by atoms with Crippen molar-refractivity contribution < 1.29 is 23.0 Å². The fraction of sp³-hybridized carbons (Fsp3) is 0.500. The molecular formula is C12H19NO5S. The Labute approximate surface area is 113 Å². The van der Waals surface area contributed by atoms with E-state index in [0.29, 0.717) is 5.75 Å². The number of hydrogen-bond acceptors (Lipinski definition) is 5. The van der Waals surface area contributed by atoms with Crippen molar-refractivity contribution in [1.82, 2.24) is 4.31 Å². The molecule has 1 unspecified atom stereocenters. The number of ether oxygens (including phenoxy) is 2. The first-order valence-electron chi connectivity index (χ1n) is 5.69. The van der Waals surface area contributed by atoms with Crippen LogP contribution in [0, 0.1) is 0 Å². The molecule has 0 amide bonds. The van der Waals surface area contributed by atoms with Gasteiger partial charge in [-0.15, -0.1) is 0 Å². The van der Waals surface area contributed by atoms with Gasteiger partial charge in [-0.3, -0.25) is 0 Å². The summed E-state index contributed by atoms with van der Waals surface area (Å²) in [5.41, 5.74) is 0. The highest BCUT2D eigenvalue weighted by Crippen LogP contribution is 2.30. The van der Waals surface area contributed by atoms with E-state index in [9.17, 15) is 8.42 Å². The number of sulfonamides is 1. The maximum atomic E-state index is 12.4. The molecule has 6 nitrogen and oxygen atoms in total. The highest BCUT2D eigenvalue weighted by molar-refractivity contribution is 7.89. The van der Waals surface area contributed by atoms with E-state index in [0.717, 1.165) is 4.31 Å². The summed E-state index contributed by atoms with van der Waals surface area (Å²) >= 11 is 0. The number of hydrogen-bond donors (Lipinski definition) is 1. The Morgan fingerprint density at radius 2 is 1.95 bits per heavy atom. The molecule has 1 atom stereocenters. The molecule has 0 fully saturated rings. The average Bonchev–Trinajstić information content (AvgIpc) is 2.44. The van der Waals surface area contributed by atoms with Crippen molar-refractivity contribution in [2.45, 2.75) is 17.9 Å². The monoisotopic (exact) mass is 289 g/mol. The van der Waals surface area contributed by atoms with Gasteiger partial charge in [0.1, 0.15) is 16.4 Å². The van der Waals surface area contributed by atoms with Crippen LogP contribution < -0.4 is 9.47 Å². The molecule has 108 valence electrons. The predicted molar refractivity (Wildman–Crippen MR) is 71.0 cm³/mol. The van der Waals surface area contributed by atoms with E-state index in [2.05, 4.69) is 0 Å². The van der Waals surface area contributed by atoms with E-state index in [1.807, 2.05) is 0 Å². The van der Waals surface area contributed by atoms with Gasteiger partial charge in [-0.1, -0.05) is 0 Å². The van der Waals surface area contributed by atoms with Gasteiger partial charge in [0.15, 0.2) is 0 Å². The molecule has 0 aromatic heterocycles. The summed E-state index contributed by atoms with van der Waals surface area (Å²) < 4.78 is 36.0. The molecule has 19 heavy (non-hydrogen) atoms. The fourth-order valence-corrected chi connectivity index (χ4v) is 2.98. The topological polar surface area (TPSA) is 76.1 Å². The van der Waals surface area contributed by atoms with Gasteiger partial charge in [-0.25, -0.2) is 8.42 Å². The van der Waals surface area contributed by atoms with Crippen molar-refractivity contribution >= 4 is 10.0 Å². The molecule has 1 rings (SSSR count). The number of rotatable bonds is 6. The van der Waals surface area contributed by atoms with Crippen molar-refractivity contribution in [2.75, 3.05) is 27.9 Å². The van der Waals surface area contributed by atoms with Crippen LogP contribution >= 0.6 is 0 Å². The highest BCUT2D eigenvalue weighted by Gasteiger charge is 2.28. The van der Waals surface area contributed by atoms with Gasteiger partial charge in [0.05, 0.1) is 20.8 Å². The van der Waals surface area contributed by atoms with E-state index in [-0.39, 0.29) is 17.3 Å². The Balaban J connectivity index is 3.28. The minimum absolute atomic E-state index is 0.0404. The van der Waals surface area contributed by atoms with Crippen LogP contribution in [0.3, 0.4) is 0 Å². The lowest BCUT2D eigenvalue weighted by molar-refractivity contribution is 0.213. The van der Waals surface area contributed by atoms with Crippen molar-refractivity contribution in [3.63, 3.8) is 0 Å². The molecule has 0 spiro atoms. The Bertz CT molecular complexity index is 529. The predicted octanol–water partition coefficient (Wildman–Crippen LogP) is 0.705. The SMILES string of the molecule is COc1ccc(S(=O)(=O)N(C)C(C)CO)c(OC)c1. The largest absolute Gasteiger partial charge is 0.497 e. The summed E-state index contributed by atoms with van der Waals surface area (Å²) in [5.74, 6) is 0.713. The quantitative estimate of drug-likeness (QED) is 0.834. The number of nitrogens with zero attached hydrogens (tertiary/aromatic N) is 1. The van der Waals surface area contributed by atoms with Crippen molar-refractivity contribution in [3.05, 3.63) is 18.2 Å². The van der Waals surface area contributed by atoms with Gasteiger partial charge in [0.2, 0.25) is 10.0 Å². The third-order valence-corrected chi connectivity index (χ3v) is 4.92. The molecular weight excluding hydrogens is 270 g/mol. The van der Waals surface area contributed by atoms with E-state index in [1.54, 1.807) is 13.0 Å². The van der Waals surface area contributed by atoms with Gasteiger partial charge in [-0.2, -0.15) is 4.31 Å². The normalized spacial score (nSPS) is 13.4. The number of aliphatic hydroxyl groups excluding tert-OH is 1. The molecule has 1 N–H and O–H groups in total. The fourth-order valence-electron chi connectivity index (χ4n) is 1.50. The van der Waals surface area contributed by atoms with Crippen LogP contribution in [0.1, 0.15) is 6.92 Å². The Morgan fingerprint density at radius 3 is 2.42 bits per heavy atom. The first kappa shape index (κ1) is 15.7. The minimum Gasteiger partial charge on any atom is -0.497 e. The third-order valence-electron chi connectivity index (χ3n) is 2.91. The van der Waals surface area contributed by atoms with Crippen LogP contribution in [0.25, 0.3) is 0 Å². The maximum Gasteiger partial charge on any atom is 0.246 e. The average molecular weight is 289 g/mol. The standard InChI is InChI=1S/C12H19NO5S/c1-9(8-14)13(2)19(15,16)12-6-5-10(17-3)7-11(12)18-4/h5-7,9,14H,8H2,1-4H3.